The average Bonchev–Trinajstić information content (AvgIpc) is 2.85. The highest BCUT2D eigenvalue weighted by Gasteiger charge is 2.52. The number of aliphatic hydroxyl groups excluding tert-OH is 1. The quantitative estimate of drug-likeness (QED) is 0.839. The second kappa shape index (κ2) is 6.63. The maximum atomic E-state index is 10.1. The summed E-state index contributed by atoms with van der Waals surface area (Å²) in [6.45, 7) is 2.82. The zero-order valence-electron chi connectivity index (χ0n) is 15.8. The number of methoxy groups -OCH3 is 1. The normalized spacial score (nSPS) is 29.8. The van der Waals surface area contributed by atoms with E-state index >= 15 is 0 Å². The minimum Gasteiger partial charge on any atom is -0.493 e. The Morgan fingerprint density at radius 1 is 1.42 bits per heavy atom. The number of benzene rings is 1. The molecule has 4 rings (SSSR count). The van der Waals surface area contributed by atoms with Gasteiger partial charge in [-0.2, -0.15) is 0 Å². The van der Waals surface area contributed by atoms with E-state index in [2.05, 4.69) is 34.2 Å². The third kappa shape index (κ3) is 2.79. The molecule has 0 radical (unpaired) electrons. The Hall–Kier alpha value is -1.98. The summed E-state index contributed by atoms with van der Waals surface area (Å²) in [6, 6.07) is 4.19. The summed E-state index contributed by atoms with van der Waals surface area (Å²) in [5, 5.41) is 10.1. The molecule has 1 aliphatic carbocycles. The fourth-order valence-corrected chi connectivity index (χ4v) is 4.56. The fourth-order valence-electron chi connectivity index (χ4n) is 4.56. The van der Waals surface area contributed by atoms with Crippen molar-refractivity contribution >= 4 is 0 Å². The summed E-state index contributed by atoms with van der Waals surface area (Å²) in [5.41, 5.74) is 2.42. The van der Waals surface area contributed by atoms with Crippen molar-refractivity contribution in [3.8, 4) is 11.5 Å². The molecule has 3 aliphatic rings. The maximum absolute atomic E-state index is 10.1. The summed E-state index contributed by atoms with van der Waals surface area (Å²) in [4.78, 5) is 4.54. The number of hydrogen-bond donors (Lipinski definition) is 1. The van der Waals surface area contributed by atoms with E-state index in [1.807, 2.05) is 26.2 Å². The Bertz CT molecular complexity index is 743. The minimum atomic E-state index is -0.434. The first-order valence-corrected chi connectivity index (χ1v) is 9.33. The molecule has 0 bridgehead atoms. The van der Waals surface area contributed by atoms with E-state index < -0.39 is 6.10 Å². The number of ether oxygens (including phenoxy) is 2. The minimum absolute atomic E-state index is 0.0233. The molecule has 0 saturated carbocycles. The molecule has 1 unspecified atom stereocenters. The lowest BCUT2D eigenvalue weighted by Crippen LogP contribution is -2.43. The van der Waals surface area contributed by atoms with E-state index in [1.165, 1.54) is 11.1 Å². The van der Waals surface area contributed by atoms with Crippen molar-refractivity contribution < 1.29 is 14.6 Å². The van der Waals surface area contributed by atoms with E-state index in [1.54, 1.807) is 7.11 Å². The second-order valence-electron chi connectivity index (χ2n) is 7.77. The lowest BCUT2D eigenvalue weighted by molar-refractivity contribution is 0.0815. The van der Waals surface area contributed by atoms with Crippen molar-refractivity contribution in [1.29, 1.82) is 0 Å². The van der Waals surface area contributed by atoms with Gasteiger partial charge in [-0.25, -0.2) is 0 Å². The smallest absolute Gasteiger partial charge is 0.166 e. The first-order valence-electron chi connectivity index (χ1n) is 9.33. The van der Waals surface area contributed by atoms with Gasteiger partial charge in [0, 0.05) is 45.7 Å². The van der Waals surface area contributed by atoms with E-state index in [4.69, 9.17) is 9.47 Å². The largest absolute Gasteiger partial charge is 0.493 e. The highest BCUT2D eigenvalue weighted by atomic mass is 16.5. The van der Waals surface area contributed by atoms with Crippen LogP contribution in [-0.2, 0) is 12.0 Å². The molecule has 0 fully saturated rings. The second-order valence-corrected chi connectivity index (χ2v) is 7.77. The number of nitrogens with zero attached hydrogens (tertiary/aromatic N) is 2. The van der Waals surface area contributed by atoms with Gasteiger partial charge in [-0.05, 0) is 24.3 Å². The van der Waals surface area contributed by atoms with Gasteiger partial charge in [-0.15, -0.1) is 0 Å². The van der Waals surface area contributed by atoms with Crippen molar-refractivity contribution in [2.45, 2.75) is 37.0 Å². The molecule has 26 heavy (non-hydrogen) atoms. The van der Waals surface area contributed by atoms with Crippen molar-refractivity contribution in [1.82, 2.24) is 9.80 Å². The van der Waals surface area contributed by atoms with Gasteiger partial charge in [0.2, 0.25) is 0 Å². The first kappa shape index (κ1) is 17.4. The molecule has 1 N–H and O–H groups in total. The highest BCUT2D eigenvalue weighted by molar-refractivity contribution is 5.61. The molecule has 140 valence electrons. The van der Waals surface area contributed by atoms with Crippen molar-refractivity contribution in [3.05, 3.63) is 47.7 Å². The third-order valence-corrected chi connectivity index (χ3v) is 5.80. The van der Waals surface area contributed by atoms with Crippen LogP contribution in [0.25, 0.3) is 0 Å². The Morgan fingerprint density at radius 2 is 2.27 bits per heavy atom. The number of rotatable bonds is 4. The molecule has 1 aromatic rings. The standard InChI is InChI=1S/C21H28N2O3/c1-22(2)10-4-11-23-12-9-21-8-7-16(24)13-18(21)26-20-17(25-3)6-5-15(14-23)19(20)21/h4-8,10,16,18,24H,9,11-14H2,1-3H3/b10-4+/t16?,18-,21-/m0/s1. The Labute approximate surface area is 155 Å². The van der Waals surface area contributed by atoms with E-state index in [0.29, 0.717) is 6.42 Å². The van der Waals surface area contributed by atoms with Crippen LogP contribution >= 0.6 is 0 Å². The molecule has 0 saturated heterocycles. The van der Waals surface area contributed by atoms with Crippen LogP contribution in [0.15, 0.2) is 36.6 Å². The van der Waals surface area contributed by atoms with Crippen LogP contribution < -0.4 is 9.47 Å². The highest BCUT2D eigenvalue weighted by Crippen LogP contribution is 2.55. The van der Waals surface area contributed by atoms with Crippen LogP contribution in [0.5, 0.6) is 11.5 Å². The van der Waals surface area contributed by atoms with E-state index in [0.717, 1.165) is 37.6 Å². The van der Waals surface area contributed by atoms with Crippen LogP contribution in [0.4, 0.5) is 0 Å². The number of hydrogen-bond acceptors (Lipinski definition) is 5. The summed E-state index contributed by atoms with van der Waals surface area (Å²) in [7, 11) is 5.77. The topological polar surface area (TPSA) is 45.2 Å². The van der Waals surface area contributed by atoms with Crippen molar-refractivity contribution in [2.75, 3.05) is 34.3 Å². The lowest BCUT2D eigenvalue weighted by atomic mass is 9.69. The Balaban J connectivity index is 1.73. The molecule has 1 spiro atoms. The summed E-state index contributed by atoms with van der Waals surface area (Å²) < 4.78 is 11.9. The summed E-state index contributed by atoms with van der Waals surface area (Å²) >= 11 is 0. The molecular formula is C21H28N2O3. The first-order chi connectivity index (χ1) is 12.5. The zero-order chi connectivity index (χ0) is 18.3. The van der Waals surface area contributed by atoms with Crippen molar-refractivity contribution in [3.63, 3.8) is 0 Å². The predicted molar refractivity (Wildman–Crippen MR) is 102 cm³/mol. The van der Waals surface area contributed by atoms with Gasteiger partial charge in [0.15, 0.2) is 11.5 Å². The summed E-state index contributed by atoms with van der Waals surface area (Å²) in [5.74, 6) is 1.67. The predicted octanol–water partition coefficient (Wildman–Crippen LogP) is 2.30. The lowest BCUT2D eigenvalue weighted by Gasteiger charge is -2.35. The summed E-state index contributed by atoms with van der Waals surface area (Å²) in [6.07, 6.45) is 9.62. The SMILES string of the molecule is COc1ccc2c3c1O[C@H]1CC(O)C=C[C@@]31CCN(C/C=C/N(C)C)C2. The zero-order valence-corrected chi connectivity index (χ0v) is 15.8. The van der Waals surface area contributed by atoms with Crippen LogP contribution in [0.1, 0.15) is 24.0 Å². The van der Waals surface area contributed by atoms with E-state index in [9.17, 15) is 5.11 Å². The van der Waals surface area contributed by atoms with Gasteiger partial charge < -0.3 is 19.5 Å². The molecule has 2 aliphatic heterocycles. The monoisotopic (exact) mass is 356 g/mol. The van der Waals surface area contributed by atoms with Gasteiger partial charge in [0.25, 0.3) is 0 Å². The van der Waals surface area contributed by atoms with Crippen molar-refractivity contribution in [2.24, 2.45) is 0 Å². The molecule has 0 aromatic heterocycles. The van der Waals surface area contributed by atoms with E-state index in [-0.39, 0.29) is 11.5 Å². The van der Waals surface area contributed by atoms with Crippen LogP contribution in [0.3, 0.4) is 0 Å². The third-order valence-electron chi connectivity index (χ3n) is 5.80. The Kier molecular flexibility index (Phi) is 4.45. The maximum Gasteiger partial charge on any atom is 0.166 e. The van der Waals surface area contributed by atoms with Gasteiger partial charge in [-0.1, -0.05) is 24.3 Å². The van der Waals surface area contributed by atoms with Crippen LogP contribution in [-0.4, -0.2) is 61.4 Å². The van der Waals surface area contributed by atoms with Crippen LogP contribution in [0.2, 0.25) is 0 Å². The molecule has 3 atom stereocenters. The molecule has 1 aromatic carbocycles. The van der Waals surface area contributed by atoms with Gasteiger partial charge in [-0.3, -0.25) is 4.90 Å². The molecule has 0 amide bonds. The van der Waals surface area contributed by atoms with Gasteiger partial charge in [0.1, 0.15) is 6.10 Å². The van der Waals surface area contributed by atoms with Gasteiger partial charge >= 0.3 is 0 Å². The van der Waals surface area contributed by atoms with Crippen LogP contribution in [0, 0.1) is 0 Å². The average molecular weight is 356 g/mol. The molecule has 5 nitrogen and oxygen atoms in total. The molecule has 2 heterocycles. The molecule has 5 heteroatoms. The Morgan fingerprint density at radius 3 is 3.04 bits per heavy atom. The number of aliphatic hydroxyl groups is 1. The molecular weight excluding hydrogens is 328 g/mol. The van der Waals surface area contributed by atoms with Gasteiger partial charge in [0.05, 0.1) is 18.6 Å². The fraction of sp³-hybridized carbons (Fsp3) is 0.524.